The lowest BCUT2D eigenvalue weighted by Gasteiger charge is -2.19. The SMILES string of the molecule is CC(C)(C)c1ccc(CCCc2ccc(O)cc2)cc1. The summed E-state index contributed by atoms with van der Waals surface area (Å²) in [4.78, 5) is 0. The Morgan fingerprint density at radius 3 is 1.65 bits per heavy atom. The van der Waals surface area contributed by atoms with E-state index >= 15 is 0 Å². The number of benzene rings is 2. The van der Waals surface area contributed by atoms with Gasteiger partial charge >= 0.3 is 0 Å². The van der Waals surface area contributed by atoms with Crippen molar-refractivity contribution in [3.05, 3.63) is 65.2 Å². The van der Waals surface area contributed by atoms with Crippen molar-refractivity contribution in [3.8, 4) is 5.75 Å². The Morgan fingerprint density at radius 1 is 0.750 bits per heavy atom. The summed E-state index contributed by atoms with van der Waals surface area (Å²) in [6, 6.07) is 16.5. The maximum Gasteiger partial charge on any atom is 0.115 e. The molecule has 106 valence electrons. The van der Waals surface area contributed by atoms with Crippen molar-refractivity contribution in [3.63, 3.8) is 0 Å². The molecule has 0 heterocycles. The predicted octanol–water partition coefficient (Wildman–Crippen LogP) is 4.87. The first-order valence-electron chi connectivity index (χ1n) is 7.32. The van der Waals surface area contributed by atoms with Crippen LogP contribution >= 0.6 is 0 Å². The fraction of sp³-hybridized carbons (Fsp3) is 0.368. The predicted molar refractivity (Wildman–Crippen MR) is 85.3 cm³/mol. The summed E-state index contributed by atoms with van der Waals surface area (Å²) in [6.07, 6.45) is 3.30. The second-order valence-corrected chi connectivity index (χ2v) is 6.47. The molecular formula is C19H24O. The molecule has 20 heavy (non-hydrogen) atoms. The van der Waals surface area contributed by atoms with Gasteiger partial charge in [-0.1, -0.05) is 57.2 Å². The molecule has 2 rings (SSSR count). The molecule has 0 radical (unpaired) electrons. The fourth-order valence-corrected chi connectivity index (χ4v) is 2.33. The summed E-state index contributed by atoms with van der Waals surface area (Å²) in [5.74, 6) is 0.339. The molecule has 0 saturated heterocycles. The molecule has 0 amide bonds. The first kappa shape index (κ1) is 14.6. The third-order valence-corrected chi connectivity index (χ3v) is 3.69. The van der Waals surface area contributed by atoms with Crippen LogP contribution in [0.15, 0.2) is 48.5 Å². The summed E-state index contributed by atoms with van der Waals surface area (Å²) in [5.41, 5.74) is 4.30. The average molecular weight is 268 g/mol. The van der Waals surface area contributed by atoms with E-state index in [9.17, 15) is 5.11 Å². The van der Waals surface area contributed by atoms with Crippen molar-refractivity contribution < 1.29 is 5.11 Å². The largest absolute Gasteiger partial charge is 0.508 e. The van der Waals surface area contributed by atoms with E-state index in [4.69, 9.17) is 0 Å². The fourth-order valence-electron chi connectivity index (χ4n) is 2.33. The van der Waals surface area contributed by atoms with Gasteiger partial charge in [0, 0.05) is 0 Å². The van der Waals surface area contributed by atoms with Crippen LogP contribution in [0.1, 0.15) is 43.9 Å². The topological polar surface area (TPSA) is 20.2 Å². The summed E-state index contributed by atoms with van der Waals surface area (Å²) >= 11 is 0. The van der Waals surface area contributed by atoms with E-state index in [1.54, 1.807) is 12.1 Å². The number of rotatable bonds is 4. The minimum atomic E-state index is 0.227. The second-order valence-electron chi connectivity index (χ2n) is 6.47. The minimum absolute atomic E-state index is 0.227. The second kappa shape index (κ2) is 6.13. The molecule has 0 aliphatic rings. The molecule has 0 spiro atoms. The normalized spacial score (nSPS) is 11.6. The average Bonchev–Trinajstić information content (AvgIpc) is 2.41. The third-order valence-electron chi connectivity index (χ3n) is 3.69. The van der Waals surface area contributed by atoms with Crippen molar-refractivity contribution in [2.24, 2.45) is 0 Å². The van der Waals surface area contributed by atoms with Crippen LogP contribution in [-0.4, -0.2) is 5.11 Å². The molecule has 1 heteroatoms. The smallest absolute Gasteiger partial charge is 0.115 e. The van der Waals surface area contributed by atoms with E-state index in [0.29, 0.717) is 5.75 Å². The van der Waals surface area contributed by atoms with Crippen LogP contribution in [0.3, 0.4) is 0 Å². The van der Waals surface area contributed by atoms with Crippen molar-refractivity contribution in [1.29, 1.82) is 0 Å². The maximum absolute atomic E-state index is 9.25. The molecule has 2 aromatic rings. The molecule has 0 aliphatic carbocycles. The number of hydrogen-bond acceptors (Lipinski definition) is 1. The lowest BCUT2D eigenvalue weighted by molar-refractivity contribution is 0.475. The molecule has 0 fully saturated rings. The molecule has 0 bridgehead atoms. The van der Waals surface area contributed by atoms with Gasteiger partial charge in [-0.25, -0.2) is 0 Å². The van der Waals surface area contributed by atoms with Gasteiger partial charge in [0.1, 0.15) is 5.75 Å². The van der Waals surface area contributed by atoms with Crippen LogP contribution in [0, 0.1) is 0 Å². The number of hydrogen-bond donors (Lipinski definition) is 1. The number of aryl methyl sites for hydroxylation is 2. The van der Waals surface area contributed by atoms with Crippen molar-refractivity contribution >= 4 is 0 Å². The minimum Gasteiger partial charge on any atom is -0.508 e. The number of phenolic OH excluding ortho intramolecular Hbond substituents is 1. The molecular weight excluding hydrogens is 244 g/mol. The van der Waals surface area contributed by atoms with Gasteiger partial charge in [0.25, 0.3) is 0 Å². The summed E-state index contributed by atoms with van der Waals surface area (Å²) in [6.45, 7) is 6.73. The molecule has 0 saturated carbocycles. The highest BCUT2D eigenvalue weighted by molar-refractivity contribution is 5.28. The zero-order valence-corrected chi connectivity index (χ0v) is 12.7. The highest BCUT2D eigenvalue weighted by atomic mass is 16.3. The summed E-state index contributed by atoms with van der Waals surface area (Å²) in [7, 11) is 0. The lowest BCUT2D eigenvalue weighted by atomic mass is 9.86. The van der Waals surface area contributed by atoms with Crippen LogP contribution in [0.25, 0.3) is 0 Å². The van der Waals surface area contributed by atoms with E-state index in [0.717, 1.165) is 19.3 Å². The van der Waals surface area contributed by atoms with Crippen molar-refractivity contribution in [2.45, 2.75) is 45.4 Å². The molecule has 1 N–H and O–H groups in total. The number of aromatic hydroxyl groups is 1. The van der Waals surface area contributed by atoms with E-state index in [-0.39, 0.29) is 5.41 Å². The quantitative estimate of drug-likeness (QED) is 0.839. The molecule has 0 atom stereocenters. The first-order chi connectivity index (χ1) is 9.45. The molecule has 0 aliphatic heterocycles. The van der Waals surface area contributed by atoms with Gasteiger partial charge in [-0.15, -0.1) is 0 Å². The highest BCUT2D eigenvalue weighted by Crippen LogP contribution is 2.22. The van der Waals surface area contributed by atoms with Gasteiger partial charge in [0.05, 0.1) is 0 Å². The number of phenols is 1. The zero-order chi connectivity index (χ0) is 14.6. The standard InChI is InChI=1S/C19H24O/c1-19(2,3)17-11-7-15(8-12-17)5-4-6-16-9-13-18(20)14-10-16/h7-14,20H,4-6H2,1-3H3. The van der Waals surface area contributed by atoms with E-state index in [2.05, 4.69) is 45.0 Å². The molecule has 2 aromatic carbocycles. The van der Waals surface area contributed by atoms with Gasteiger partial charge in [0.2, 0.25) is 0 Å². The Hall–Kier alpha value is -1.76. The van der Waals surface area contributed by atoms with Crippen LogP contribution in [0.4, 0.5) is 0 Å². The van der Waals surface area contributed by atoms with Crippen molar-refractivity contribution in [2.75, 3.05) is 0 Å². The molecule has 1 nitrogen and oxygen atoms in total. The van der Waals surface area contributed by atoms with Gasteiger partial charge in [-0.05, 0) is 53.5 Å². The van der Waals surface area contributed by atoms with Crippen LogP contribution in [-0.2, 0) is 18.3 Å². The van der Waals surface area contributed by atoms with Gasteiger partial charge < -0.3 is 5.11 Å². The Labute approximate surface area is 122 Å². The van der Waals surface area contributed by atoms with Crippen LogP contribution < -0.4 is 0 Å². The molecule has 0 unspecified atom stereocenters. The Kier molecular flexibility index (Phi) is 4.49. The van der Waals surface area contributed by atoms with E-state index < -0.39 is 0 Å². The van der Waals surface area contributed by atoms with Crippen LogP contribution in [0.2, 0.25) is 0 Å². The summed E-state index contributed by atoms with van der Waals surface area (Å²) in [5, 5.41) is 9.25. The van der Waals surface area contributed by atoms with E-state index in [1.807, 2.05) is 12.1 Å². The Morgan fingerprint density at radius 2 is 1.20 bits per heavy atom. The Bertz CT molecular complexity index is 529. The molecule has 0 aromatic heterocycles. The van der Waals surface area contributed by atoms with Gasteiger partial charge in [-0.3, -0.25) is 0 Å². The van der Waals surface area contributed by atoms with Gasteiger partial charge in [-0.2, -0.15) is 0 Å². The lowest BCUT2D eigenvalue weighted by Crippen LogP contribution is -2.10. The van der Waals surface area contributed by atoms with Crippen molar-refractivity contribution in [1.82, 2.24) is 0 Å². The van der Waals surface area contributed by atoms with E-state index in [1.165, 1.54) is 16.7 Å². The maximum atomic E-state index is 9.25. The monoisotopic (exact) mass is 268 g/mol. The highest BCUT2D eigenvalue weighted by Gasteiger charge is 2.12. The first-order valence-corrected chi connectivity index (χ1v) is 7.32. The zero-order valence-electron chi connectivity index (χ0n) is 12.7. The Balaban J connectivity index is 1.87. The van der Waals surface area contributed by atoms with Crippen LogP contribution in [0.5, 0.6) is 5.75 Å². The van der Waals surface area contributed by atoms with Gasteiger partial charge in [0.15, 0.2) is 0 Å². The third kappa shape index (κ3) is 4.12. The summed E-state index contributed by atoms with van der Waals surface area (Å²) < 4.78 is 0.